The van der Waals surface area contributed by atoms with Crippen molar-refractivity contribution >= 4 is 27.7 Å². The summed E-state index contributed by atoms with van der Waals surface area (Å²) in [6.45, 7) is 1.90. The van der Waals surface area contributed by atoms with Gasteiger partial charge in [-0.25, -0.2) is 4.79 Å². The van der Waals surface area contributed by atoms with E-state index < -0.39 is 0 Å². The Balaban J connectivity index is 1.73. The van der Waals surface area contributed by atoms with Gasteiger partial charge in [0.1, 0.15) is 11.6 Å². The number of rotatable bonds is 4. The Morgan fingerprint density at radius 1 is 1.19 bits per heavy atom. The van der Waals surface area contributed by atoms with E-state index in [9.17, 15) is 4.79 Å². The zero-order valence-electron chi connectivity index (χ0n) is 11.5. The van der Waals surface area contributed by atoms with Gasteiger partial charge in [0.15, 0.2) is 0 Å². The van der Waals surface area contributed by atoms with E-state index in [0.717, 1.165) is 15.8 Å². The molecule has 0 aliphatic carbocycles. The molecule has 0 fully saturated rings. The number of benzene rings is 2. The Hall–Kier alpha value is -2.27. The van der Waals surface area contributed by atoms with Gasteiger partial charge in [-0.3, -0.25) is 0 Å². The maximum atomic E-state index is 12.3. The van der Waals surface area contributed by atoms with E-state index >= 15 is 0 Å². The molecule has 5 heteroatoms. The molecule has 0 aliphatic heterocycles. The first kappa shape index (κ1) is 13.7. The molecule has 106 valence electrons. The number of hydrogen-bond donors (Lipinski definition) is 0. The molecule has 2 aromatic carbocycles. The van der Waals surface area contributed by atoms with Crippen LogP contribution in [0.15, 0.2) is 48.5 Å². The summed E-state index contributed by atoms with van der Waals surface area (Å²) in [6.07, 6.45) is 0.514. The molecule has 1 heterocycles. The lowest BCUT2D eigenvalue weighted by Gasteiger charge is -2.13. The largest absolute Gasteiger partial charge is 0.459 e. The Morgan fingerprint density at radius 3 is 2.81 bits per heavy atom. The topological polar surface area (TPSA) is 52.1 Å². The van der Waals surface area contributed by atoms with Gasteiger partial charge >= 0.3 is 5.97 Å². The Bertz CT molecular complexity index is 755. The van der Waals surface area contributed by atoms with Crippen LogP contribution in [0.1, 0.15) is 22.8 Å². The van der Waals surface area contributed by atoms with Gasteiger partial charge < -0.3 is 4.74 Å². The van der Waals surface area contributed by atoms with Crippen LogP contribution in [-0.2, 0) is 11.2 Å². The molecule has 0 aliphatic rings. The third-order valence-electron chi connectivity index (χ3n) is 3.17. The van der Waals surface area contributed by atoms with Crippen LogP contribution in [0.5, 0.6) is 0 Å². The monoisotopic (exact) mass is 298 g/mol. The average Bonchev–Trinajstić information content (AvgIpc) is 2.96. The molecular weight excluding hydrogens is 284 g/mol. The van der Waals surface area contributed by atoms with Gasteiger partial charge in [-0.05, 0) is 36.2 Å². The van der Waals surface area contributed by atoms with E-state index in [1.165, 1.54) is 11.5 Å². The fourth-order valence-electron chi connectivity index (χ4n) is 2.20. The fourth-order valence-corrected chi connectivity index (χ4v) is 2.86. The van der Waals surface area contributed by atoms with E-state index in [-0.39, 0.29) is 12.1 Å². The third-order valence-corrected chi connectivity index (χ3v) is 3.94. The minimum absolute atomic E-state index is 0.184. The number of fused-ring (bicyclic) bond motifs is 1. The minimum atomic E-state index is -0.324. The fraction of sp³-hybridized carbons (Fsp3) is 0.188. The predicted molar refractivity (Wildman–Crippen MR) is 82.4 cm³/mol. The summed E-state index contributed by atoms with van der Waals surface area (Å²) >= 11 is 1.21. The van der Waals surface area contributed by atoms with Crippen molar-refractivity contribution in [2.45, 2.75) is 19.4 Å². The molecule has 1 unspecified atom stereocenters. The van der Waals surface area contributed by atoms with Gasteiger partial charge in [0.2, 0.25) is 0 Å². The summed E-state index contributed by atoms with van der Waals surface area (Å²) in [5.74, 6) is -0.324. The van der Waals surface area contributed by atoms with Crippen LogP contribution >= 0.6 is 11.5 Å². The van der Waals surface area contributed by atoms with Crippen LogP contribution < -0.4 is 0 Å². The zero-order valence-corrected chi connectivity index (χ0v) is 12.3. The van der Waals surface area contributed by atoms with Crippen molar-refractivity contribution in [1.29, 1.82) is 0 Å². The number of hydrogen-bond acceptors (Lipinski definition) is 5. The van der Waals surface area contributed by atoms with Gasteiger partial charge in [0.25, 0.3) is 0 Å². The Labute approximate surface area is 126 Å². The second-order valence-electron chi connectivity index (χ2n) is 4.83. The van der Waals surface area contributed by atoms with Crippen molar-refractivity contribution in [2.75, 3.05) is 0 Å². The van der Waals surface area contributed by atoms with E-state index in [1.54, 1.807) is 12.1 Å². The molecule has 1 aromatic heterocycles. The van der Waals surface area contributed by atoms with Crippen LogP contribution in [0.4, 0.5) is 0 Å². The number of aromatic nitrogens is 2. The van der Waals surface area contributed by atoms with E-state index in [1.807, 2.05) is 43.3 Å². The Kier molecular flexibility index (Phi) is 3.92. The van der Waals surface area contributed by atoms with Gasteiger partial charge in [0, 0.05) is 6.42 Å². The first-order valence-electron chi connectivity index (χ1n) is 6.70. The van der Waals surface area contributed by atoms with Crippen molar-refractivity contribution in [3.05, 3.63) is 59.7 Å². The molecule has 0 N–H and O–H groups in total. The SMILES string of the molecule is CC(Cc1ccccc1)OC(=O)c1cccc2nnsc12. The lowest BCUT2D eigenvalue weighted by Crippen LogP contribution is -2.17. The highest BCUT2D eigenvalue weighted by Crippen LogP contribution is 2.21. The second kappa shape index (κ2) is 6.01. The molecule has 0 bridgehead atoms. The summed E-state index contributed by atoms with van der Waals surface area (Å²) in [6, 6.07) is 15.4. The molecule has 4 nitrogen and oxygen atoms in total. The van der Waals surface area contributed by atoms with Crippen LogP contribution in [0.25, 0.3) is 10.2 Å². The first-order chi connectivity index (χ1) is 10.2. The number of carbonyl (C=O) groups excluding carboxylic acids is 1. The highest BCUT2D eigenvalue weighted by atomic mass is 32.1. The third kappa shape index (κ3) is 3.08. The summed E-state index contributed by atoms with van der Waals surface area (Å²) in [5, 5.41) is 3.97. The summed E-state index contributed by atoms with van der Waals surface area (Å²) in [5.41, 5.74) is 2.41. The lowest BCUT2D eigenvalue weighted by molar-refractivity contribution is 0.0345. The second-order valence-corrected chi connectivity index (χ2v) is 5.59. The standard InChI is InChI=1S/C16H14N2O2S/c1-11(10-12-6-3-2-4-7-12)20-16(19)13-8-5-9-14-15(13)21-18-17-14/h2-9,11H,10H2,1H3. The smallest absolute Gasteiger partial charge is 0.339 e. The average molecular weight is 298 g/mol. The van der Waals surface area contributed by atoms with Crippen molar-refractivity contribution in [2.24, 2.45) is 0 Å². The van der Waals surface area contributed by atoms with Crippen molar-refractivity contribution < 1.29 is 9.53 Å². The minimum Gasteiger partial charge on any atom is -0.459 e. The maximum absolute atomic E-state index is 12.3. The maximum Gasteiger partial charge on any atom is 0.339 e. The normalized spacial score (nSPS) is 12.2. The highest BCUT2D eigenvalue weighted by Gasteiger charge is 2.16. The zero-order chi connectivity index (χ0) is 14.7. The quantitative estimate of drug-likeness (QED) is 0.692. The summed E-state index contributed by atoms with van der Waals surface area (Å²) in [7, 11) is 0. The molecule has 0 amide bonds. The van der Waals surface area contributed by atoms with Gasteiger partial charge in [-0.1, -0.05) is 40.9 Å². The molecule has 0 saturated heterocycles. The molecule has 1 atom stereocenters. The Morgan fingerprint density at radius 2 is 2.00 bits per heavy atom. The number of nitrogens with zero attached hydrogens (tertiary/aromatic N) is 2. The van der Waals surface area contributed by atoms with Crippen molar-refractivity contribution in [1.82, 2.24) is 9.59 Å². The van der Waals surface area contributed by atoms with Crippen LogP contribution in [0.3, 0.4) is 0 Å². The van der Waals surface area contributed by atoms with Crippen molar-refractivity contribution in [3.8, 4) is 0 Å². The van der Waals surface area contributed by atoms with Crippen LogP contribution in [-0.4, -0.2) is 21.7 Å². The predicted octanol–water partition coefficient (Wildman–Crippen LogP) is 3.48. The van der Waals surface area contributed by atoms with E-state index in [4.69, 9.17) is 4.74 Å². The molecule has 21 heavy (non-hydrogen) atoms. The van der Waals surface area contributed by atoms with Gasteiger partial charge in [-0.2, -0.15) is 0 Å². The lowest BCUT2D eigenvalue weighted by atomic mass is 10.1. The number of esters is 1. The molecule has 3 rings (SSSR count). The molecule has 0 radical (unpaired) electrons. The van der Waals surface area contributed by atoms with E-state index in [0.29, 0.717) is 12.0 Å². The molecule has 3 aromatic rings. The molecular formula is C16H14N2O2S. The molecule has 0 saturated carbocycles. The van der Waals surface area contributed by atoms with Crippen molar-refractivity contribution in [3.63, 3.8) is 0 Å². The van der Waals surface area contributed by atoms with E-state index in [2.05, 4.69) is 9.59 Å². The van der Waals surface area contributed by atoms with Crippen LogP contribution in [0.2, 0.25) is 0 Å². The van der Waals surface area contributed by atoms with Gasteiger partial charge in [-0.15, -0.1) is 5.10 Å². The number of ether oxygens (including phenoxy) is 1. The number of carbonyl (C=O) groups is 1. The molecule has 0 spiro atoms. The van der Waals surface area contributed by atoms with Crippen LogP contribution in [0, 0.1) is 0 Å². The summed E-state index contributed by atoms with van der Waals surface area (Å²) in [4.78, 5) is 12.3. The first-order valence-corrected chi connectivity index (χ1v) is 7.47. The highest BCUT2D eigenvalue weighted by molar-refractivity contribution is 7.13. The summed E-state index contributed by atoms with van der Waals surface area (Å²) < 4.78 is 10.2. The van der Waals surface area contributed by atoms with Gasteiger partial charge in [0.05, 0.1) is 10.3 Å².